The van der Waals surface area contributed by atoms with Gasteiger partial charge in [0.15, 0.2) is 11.6 Å². The lowest BCUT2D eigenvalue weighted by molar-refractivity contribution is 0.382. The predicted octanol–water partition coefficient (Wildman–Crippen LogP) is 2.40. The zero-order valence-electron chi connectivity index (χ0n) is 6.73. The lowest BCUT2D eigenvalue weighted by atomic mass is 10.1. The maximum absolute atomic E-state index is 12.9. The van der Waals surface area contributed by atoms with Crippen LogP contribution >= 0.6 is 0 Å². The quantitative estimate of drug-likeness (QED) is 0.635. The summed E-state index contributed by atoms with van der Waals surface area (Å²) in [6.07, 6.45) is 0.793. The molecule has 0 unspecified atom stereocenters. The molecule has 0 bridgehead atoms. The van der Waals surface area contributed by atoms with Gasteiger partial charge < -0.3 is 4.74 Å². The Hall–Kier alpha value is -1.05. The minimum absolute atomic E-state index is 0.285. The van der Waals surface area contributed by atoms with Gasteiger partial charge in [0.1, 0.15) is 0 Å². The van der Waals surface area contributed by atoms with Gasteiger partial charge in [-0.05, 0) is 18.1 Å². The molecule has 1 aromatic carbocycles. The maximum Gasteiger partial charge on any atom is 0.165 e. The molecule has 0 saturated heterocycles. The second kappa shape index (κ2) is 3.37. The number of methoxy groups -OCH3 is 1. The van der Waals surface area contributed by atoms with Gasteiger partial charge in [0.25, 0.3) is 0 Å². The van der Waals surface area contributed by atoms with E-state index in [0.29, 0.717) is 5.75 Å². The van der Waals surface area contributed by atoms with E-state index in [4.69, 9.17) is 4.74 Å². The van der Waals surface area contributed by atoms with Crippen molar-refractivity contribution in [3.8, 4) is 5.75 Å². The number of benzene rings is 1. The van der Waals surface area contributed by atoms with Crippen LogP contribution in [-0.2, 0) is 6.42 Å². The molecule has 0 aliphatic heterocycles. The number of para-hydroxylation sites is 1. The van der Waals surface area contributed by atoms with Crippen molar-refractivity contribution in [1.82, 2.24) is 0 Å². The minimum atomic E-state index is -0.285. The minimum Gasteiger partial charge on any atom is -0.493 e. The van der Waals surface area contributed by atoms with Gasteiger partial charge >= 0.3 is 0 Å². The lowest BCUT2D eigenvalue weighted by Crippen LogP contribution is -1.93. The van der Waals surface area contributed by atoms with Crippen LogP contribution in [0.15, 0.2) is 18.2 Å². The van der Waals surface area contributed by atoms with Gasteiger partial charge in [0, 0.05) is 0 Å². The Morgan fingerprint density at radius 2 is 2.18 bits per heavy atom. The van der Waals surface area contributed by atoms with E-state index in [-0.39, 0.29) is 5.82 Å². The van der Waals surface area contributed by atoms with E-state index in [1.54, 1.807) is 6.07 Å². The molecule has 60 valence electrons. The summed E-state index contributed by atoms with van der Waals surface area (Å²) >= 11 is 0. The van der Waals surface area contributed by atoms with Crippen LogP contribution in [0.5, 0.6) is 5.75 Å². The highest BCUT2D eigenvalue weighted by molar-refractivity contribution is 5.34. The Morgan fingerprint density at radius 1 is 1.45 bits per heavy atom. The Morgan fingerprint density at radius 3 is 2.64 bits per heavy atom. The molecule has 11 heavy (non-hydrogen) atoms. The van der Waals surface area contributed by atoms with Crippen molar-refractivity contribution in [2.24, 2.45) is 0 Å². The van der Waals surface area contributed by atoms with Crippen molar-refractivity contribution < 1.29 is 9.13 Å². The van der Waals surface area contributed by atoms with E-state index in [1.807, 2.05) is 13.0 Å². The molecule has 1 aromatic rings. The standard InChI is InChI=1S/C9H11FO/c1-3-7-5-4-6-8(10)9(7)11-2/h4-6H,3H2,1-2H3. The summed E-state index contributed by atoms with van der Waals surface area (Å²) in [6, 6.07) is 4.95. The van der Waals surface area contributed by atoms with Crippen LogP contribution in [-0.4, -0.2) is 7.11 Å². The summed E-state index contributed by atoms with van der Waals surface area (Å²) < 4.78 is 17.8. The highest BCUT2D eigenvalue weighted by Gasteiger charge is 2.05. The fourth-order valence-corrected chi connectivity index (χ4v) is 1.06. The van der Waals surface area contributed by atoms with Gasteiger partial charge in [0.05, 0.1) is 7.11 Å². The third-order valence-electron chi connectivity index (χ3n) is 1.63. The zero-order valence-corrected chi connectivity index (χ0v) is 6.73. The van der Waals surface area contributed by atoms with Gasteiger partial charge in [-0.15, -0.1) is 0 Å². The molecule has 0 saturated carbocycles. The van der Waals surface area contributed by atoms with Crippen LogP contribution in [0, 0.1) is 5.82 Å². The topological polar surface area (TPSA) is 9.23 Å². The molecule has 0 aromatic heterocycles. The summed E-state index contributed by atoms with van der Waals surface area (Å²) in [5.41, 5.74) is 0.910. The number of ether oxygens (including phenoxy) is 1. The SMILES string of the molecule is CCc1cccc(F)c1OC. The Balaban J connectivity index is 3.13. The lowest BCUT2D eigenvalue weighted by Gasteiger charge is -2.05. The Kier molecular flexibility index (Phi) is 2.47. The summed E-state index contributed by atoms with van der Waals surface area (Å²) in [5.74, 6) is 0.0850. The molecule has 0 aliphatic carbocycles. The summed E-state index contributed by atoms with van der Waals surface area (Å²) in [5, 5.41) is 0. The molecular formula is C9H11FO. The molecule has 0 radical (unpaired) electrons. The van der Waals surface area contributed by atoms with E-state index < -0.39 is 0 Å². The summed E-state index contributed by atoms with van der Waals surface area (Å²) in [7, 11) is 1.48. The van der Waals surface area contributed by atoms with Crippen LogP contribution < -0.4 is 4.74 Å². The normalized spacial score (nSPS) is 9.73. The van der Waals surface area contributed by atoms with Crippen molar-refractivity contribution in [3.05, 3.63) is 29.6 Å². The van der Waals surface area contributed by atoms with Gasteiger partial charge in [-0.2, -0.15) is 0 Å². The van der Waals surface area contributed by atoms with E-state index in [9.17, 15) is 4.39 Å². The third-order valence-corrected chi connectivity index (χ3v) is 1.63. The van der Waals surface area contributed by atoms with Crippen LogP contribution in [0.4, 0.5) is 4.39 Å². The van der Waals surface area contributed by atoms with Gasteiger partial charge in [-0.3, -0.25) is 0 Å². The number of hydrogen-bond acceptors (Lipinski definition) is 1. The number of rotatable bonds is 2. The largest absolute Gasteiger partial charge is 0.493 e. The first kappa shape index (κ1) is 8.05. The fraction of sp³-hybridized carbons (Fsp3) is 0.333. The summed E-state index contributed by atoms with van der Waals surface area (Å²) in [4.78, 5) is 0. The molecule has 0 heterocycles. The second-order valence-electron chi connectivity index (χ2n) is 2.29. The maximum atomic E-state index is 12.9. The smallest absolute Gasteiger partial charge is 0.165 e. The van der Waals surface area contributed by atoms with Crippen LogP contribution in [0.1, 0.15) is 12.5 Å². The molecule has 0 amide bonds. The molecule has 0 N–H and O–H groups in total. The number of hydrogen-bond donors (Lipinski definition) is 0. The molecule has 0 fully saturated rings. The van der Waals surface area contributed by atoms with Crippen molar-refractivity contribution in [2.75, 3.05) is 7.11 Å². The predicted molar refractivity (Wildman–Crippen MR) is 42.3 cm³/mol. The van der Waals surface area contributed by atoms with Crippen molar-refractivity contribution >= 4 is 0 Å². The van der Waals surface area contributed by atoms with Gasteiger partial charge in [-0.1, -0.05) is 19.1 Å². The first-order valence-electron chi connectivity index (χ1n) is 3.61. The van der Waals surface area contributed by atoms with Gasteiger partial charge in [0.2, 0.25) is 0 Å². The molecule has 2 heteroatoms. The first-order valence-corrected chi connectivity index (χ1v) is 3.61. The average molecular weight is 154 g/mol. The van der Waals surface area contributed by atoms with Crippen LogP contribution in [0.2, 0.25) is 0 Å². The summed E-state index contributed by atoms with van der Waals surface area (Å²) in [6.45, 7) is 1.97. The molecule has 0 aliphatic rings. The molecule has 1 nitrogen and oxygen atoms in total. The second-order valence-corrected chi connectivity index (χ2v) is 2.29. The Labute approximate surface area is 65.8 Å². The van der Waals surface area contributed by atoms with E-state index >= 15 is 0 Å². The van der Waals surface area contributed by atoms with E-state index in [2.05, 4.69) is 0 Å². The van der Waals surface area contributed by atoms with Crippen molar-refractivity contribution in [1.29, 1.82) is 0 Å². The molecule has 1 rings (SSSR count). The Bertz CT molecular complexity index is 245. The monoisotopic (exact) mass is 154 g/mol. The number of halogens is 1. The van der Waals surface area contributed by atoms with Crippen molar-refractivity contribution in [2.45, 2.75) is 13.3 Å². The fourth-order valence-electron chi connectivity index (χ4n) is 1.06. The molecule has 0 spiro atoms. The highest BCUT2D eigenvalue weighted by Crippen LogP contribution is 2.21. The molecular weight excluding hydrogens is 143 g/mol. The third kappa shape index (κ3) is 1.50. The highest BCUT2D eigenvalue weighted by atomic mass is 19.1. The number of aryl methyl sites for hydroxylation is 1. The van der Waals surface area contributed by atoms with Crippen LogP contribution in [0.25, 0.3) is 0 Å². The van der Waals surface area contributed by atoms with Crippen molar-refractivity contribution in [3.63, 3.8) is 0 Å². The first-order chi connectivity index (χ1) is 5.29. The van der Waals surface area contributed by atoms with Gasteiger partial charge in [-0.25, -0.2) is 4.39 Å². The van der Waals surface area contributed by atoms with E-state index in [0.717, 1.165) is 12.0 Å². The average Bonchev–Trinajstić information content (AvgIpc) is 2.04. The molecule has 0 atom stereocenters. The van der Waals surface area contributed by atoms with Crippen LogP contribution in [0.3, 0.4) is 0 Å². The van der Waals surface area contributed by atoms with E-state index in [1.165, 1.54) is 13.2 Å². The zero-order chi connectivity index (χ0) is 8.27.